The van der Waals surface area contributed by atoms with E-state index < -0.39 is 35.3 Å². The molecule has 6 heteroatoms. The number of nitrogens with zero attached hydrogens (tertiary/aromatic N) is 1. The van der Waals surface area contributed by atoms with Crippen molar-refractivity contribution in [2.45, 2.75) is 39.4 Å². The molecule has 0 bridgehead atoms. The maximum atomic E-state index is 14.1. The number of benzene rings is 2. The Bertz CT molecular complexity index is 724. The van der Waals surface area contributed by atoms with Crippen LogP contribution in [0.2, 0.25) is 0 Å². The molecule has 2 unspecified atom stereocenters. The lowest BCUT2D eigenvalue weighted by Gasteiger charge is -2.25. The van der Waals surface area contributed by atoms with Gasteiger partial charge >= 0.3 is 0 Å². The summed E-state index contributed by atoms with van der Waals surface area (Å²) < 4.78 is 34.1. The Kier molecular flexibility index (Phi) is 6.20. The fraction of sp³-hybridized carbons (Fsp3) is 0.368. The molecule has 0 aliphatic rings. The van der Waals surface area contributed by atoms with E-state index in [0.29, 0.717) is 5.56 Å². The Hall–Kier alpha value is -2.34. The van der Waals surface area contributed by atoms with Crippen molar-refractivity contribution in [2.24, 2.45) is 0 Å². The zero-order valence-electron chi connectivity index (χ0n) is 14.5. The number of hydrogen-bond donors (Lipinski definition) is 0. The molecule has 0 fully saturated rings. The minimum atomic E-state index is -0.912. The van der Waals surface area contributed by atoms with Crippen molar-refractivity contribution in [1.29, 1.82) is 0 Å². The molecule has 2 aromatic carbocycles. The standard InChI is InChI=1S/C19H21F2NO3/c1-4-16(19-14(20)9-6-10-15(19)21)25-17(11-22(23)24)18-12(2)7-5-8-13(18)3/h5-10,16-17H,4,11H2,1-3H3. The van der Waals surface area contributed by atoms with Crippen LogP contribution in [-0.2, 0) is 4.74 Å². The Balaban J connectivity index is 2.43. The molecule has 0 aliphatic heterocycles. The molecule has 0 amide bonds. The Morgan fingerprint density at radius 2 is 1.52 bits per heavy atom. The van der Waals surface area contributed by atoms with Gasteiger partial charge in [0.1, 0.15) is 17.7 Å². The van der Waals surface area contributed by atoms with Gasteiger partial charge in [0.25, 0.3) is 0 Å². The zero-order valence-corrected chi connectivity index (χ0v) is 14.5. The quantitative estimate of drug-likeness (QED) is 0.518. The lowest BCUT2D eigenvalue weighted by molar-refractivity contribution is -0.494. The molecule has 0 N–H and O–H groups in total. The summed E-state index contributed by atoms with van der Waals surface area (Å²) in [7, 11) is 0. The molecule has 2 atom stereocenters. The fourth-order valence-corrected chi connectivity index (χ4v) is 3.06. The Morgan fingerprint density at radius 1 is 1.00 bits per heavy atom. The molecular weight excluding hydrogens is 328 g/mol. The highest BCUT2D eigenvalue weighted by atomic mass is 19.1. The van der Waals surface area contributed by atoms with Crippen LogP contribution >= 0.6 is 0 Å². The third-order valence-electron chi connectivity index (χ3n) is 4.20. The van der Waals surface area contributed by atoms with Crippen LogP contribution < -0.4 is 0 Å². The van der Waals surface area contributed by atoms with Crippen molar-refractivity contribution in [3.8, 4) is 0 Å². The summed E-state index contributed by atoms with van der Waals surface area (Å²) in [6.45, 7) is 4.93. The second-order valence-corrected chi connectivity index (χ2v) is 5.98. The number of ether oxygens (including phenoxy) is 1. The number of nitro groups is 1. The number of aryl methyl sites for hydroxylation is 2. The van der Waals surface area contributed by atoms with E-state index in [1.54, 1.807) is 6.92 Å². The molecule has 2 rings (SSSR count). The van der Waals surface area contributed by atoms with Gasteiger partial charge in [-0.1, -0.05) is 31.2 Å². The maximum Gasteiger partial charge on any atom is 0.233 e. The molecule has 4 nitrogen and oxygen atoms in total. The van der Waals surface area contributed by atoms with Crippen molar-refractivity contribution in [3.63, 3.8) is 0 Å². The summed E-state index contributed by atoms with van der Waals surface area (Å²) in [4.78, 5) is 10.7. The lowest BCUT2D eigenvalue weighted by atomic mass is 9.97. The van der Waals surface area contributed by atoms with Crippen LogP contribution in [0.15, 0.2) is 36.4 Å². The van der Waals surface area contributed by atoms with Gasteiger partial charge < -0.3 is 4.74 Å². The van der Waals surface area contributed by atoms with Crippen molar-refractivity contribution in [3.05, 3.63) is 80.4 Å². The van der Waals surface area contributed by atoms with E-state index in [1.807, 2.05) is 32.0 Å². The molecule has 2 aromatic rings. The van der Waals surface area contributed by atoms with Gasteiger partial charge in [-0.15, -0.1) is 0 Å². The molecule has 0 aromatic heterocycles. The maximum absolute atomic E-state index is 14.1. The molecule has 134 valence electrons. The van der Waals surface area contributed by atoms with E-state index in [-0.39, 0.29) is 12.0 Å². The van der Waals surface area contributed by atoms with Gasteiger partial charge in [0.15, 0.2) is 0 Å². The molecular formula is C19H21F2NO3. The first-order chi connectivity index (χ1) is 11.8. The SMILES string of the molecule is CCC(OC(C[N+](=O)[O-])c1c(C)cccc1C)c1c(F)cccc1F. The molecule has 0 heterocycles. The highest BCUT2D eigenvalue weighted by Crippen LogP contribution is 2.34. The summed E-state index contributed by atoms with van der Waals surface area (Å²) in [5.41, 5.74) is 2.19. The molecule has 25 heavy (non-hydrogen) atoms. The summed E-state index contributed by atoms with van der Waals surface area (Å²) in [6.07, 6.45) is -1.51. The third kappa shape index (κ3) is 4.39. The van der Waals surface area contributed by atoms with Crippen molar-refractivity contribution >= 4 is 0 Å². The molecule has 0 spiro atoms. The van der Waals surface area contributed by atoms with Crippen molar-refractivity contribution < 1.29 is 18.4 Å². The average molecular weight is 349 g/mol. The van der Waals surface area contributed by atoms with Gasteiger partial charge in [-0.2, -0.15) is 0 Å². The third-order valence-corrected chi connectivity index (χ3v) is 4.20. The minimum Gasteiger partial charge on any atom is -0.358 e. The van der Waals surface area contributed by atoms with Crippen LogP contribution in [0.1, 0.15) is 47.8 Å². The predicted octanol–water partition coefficient (Wildman–Crippen LogP) is 5.07. The van der Waals surface area contributed by atoms with Crippen LogP contribution in [0.25, 0.3) is 0 Å². The largest absolute Gasteiger partial charge is 0.358 e. The summed E-state index contributed by atoms with van der Waals surface area (Å²) in [5, 5.41) is 11.1. The smallest absolute Gasteiger partial charge is 0.233 e. The van der Waals surface area contributed by atoms with E-state index >= 15 is 0 Å². The van der Waals surface area contributed by atoms with Crippen LogP contribution in [0.4, 0.5) is 8.78 Å². The highest BCUT2D eigenvalue weighted by molar-refractivity contribution is 5.35. The average Bonchev–Trinajstić information content (AvgIpc) is 2.52. The fourth-order valence-electron chi connectivity index (χ4n) is 3.06. The summed E-state index contributed by atoms with van der Waals surface area (Å²) in [6, 6.07) is 9.12. The van der Waals surface area contributed by atoms with Crippen LogP contribution in [-0.4, -0.2) is 11.5 Å². The van der Waals surface area contributed by atoms with Gasteiger partial charge in [-0.05, 0) is 49.1 Å². The second-order valence-electron chi connectivity index (χ2n) is 5.98. The zero-order chi connectivity index (χ0) is 18.6. The predicted molar refractivity (Wildman–Crippen MR) is 91.0 cm³/mol. The first-order valence-electron chi connectivity index (χ1n) is 8.12. The van der Waals surface area contributed by atoms with Gasteiger partial charge in [-0.25, -0.2) is 8.78 Å². The van der Waals surface area contributed by atoms with Gasteiger partial charge in [0.2, 0.25) is 6.54 Å². The van der Waals surface area contributed by atoms with Gasteiger partial charge in [0.05, 0.1) is 11.7 Å². The Morgan fingerprint density at radius 3 is 2.00 bits per heavy atom. The number of hydrogen-bond acceptors (Lipinski definition) is 3. The summed E-state index contributed by atoms with van der Waals surface area (Å²) in [5.74, 6) is -1.43. The monoisotopic (exact) mass is 349 g/mol. The lowest BCUT2D eigenvalue weighted by Crippen LogP contribution is -2.21. The number of rotatable bonds is 7. The summed E-state index contributed by atoms with van der Waals surface area (Å²) >= 11 is 0. The first-order valence-corrected chi connectivity index (χ1v) is 8.12. The van der Waals surface area contributed by atoms with Crippen LogP contribution in [0.3, 0.4) is 0 Å². The molecule has 0 saturated heterocycles. The molecule has 0 radical (unpaired) electrons. The Labute approximate surface area is 145 Å². The van der Waals surface area contributed by atoms with E-state index in [2.05, 4.69) is 0 Å². The topological polar surface area (TPSA) is 52.4 Å². The van der Waals surface area contributed by atoms with Gasteiger partial charge in [0, 0.05) is 4.92 Å². The molecule has 0 saturated carbocycles. The van der Waals surface area contributed by atoms with E-state index in [0.717, 1.165) is 23.3 Å². The van der Waals surface area contributed by atoms with Crippen molar-refractivity contribution in [1.82, 2.24) is 0 Å². The van der Waals surface area contributed by atoms with E-state index in [9.17, 15) is 18.9 Å². The van der Waals surface area contributed by atoms with Crippen LogP contribution in [0, 0.1) is 35.6 Å². The minimum absolute atomic E-state index is 0.190. The second kappa shape index (κ2) is 8.16. The van der Waals surface area contributed by atoms with Gasteiger partial charge in [-0.3, -0.25) is 10.1 Å². The van der Waals surface area contributed by atoms with Crippen LogP contribution in [0.5, 0.6) is 0 Å². The van der Waals surface area contributed by atoms with E-state index in [4.69, 9.17) is 4.74 Å². The normalized spacial score (nSPS) is 13.5. The first kappa shape index (κ1) is 19.0. The van der Waals surface area contributed by atoms with Crippen molar-refractivity contribution in [2.75, 3.05) is 6.54 Å². The molecule has 0 aliphatic carbocycles. The van der Waals surface area contributed by atoms with E-state index in [1.165, 1.54) is 6.07 Å². The highest BCUT2D eigenvalue weighted by Gasteiger charge is 2.28. The number of halogens is 2.